The van der Waals surface area contributed by atoms with Crippen LogP contribution in [-0.2, 0) is 0 Å². The van der Waals surface area contributed by atoms with Gasteiger partial charge in [0.15, 0.2) is 0 Å². The van der Waals surface area contributed by atoms with E-state index in [1.807, 2.05) is 0 Å². The number of benzene rings is 1. The van der Waals surface area contributed by atoms with E-state index in [4.69, 9.17) is 11.6 Å². The van der Waals surface area contributed by atoms with E-state index in [0.717, 1.165) is 18.5 Å². The number of aromatic hydroxyl groups is 1. The standard InChI is InChI=1S/C9H10ClNO/c10-6-2-1-3-8(12)9(6)7-4-5-11-7/h1-3,7,11-12H,4-5H2. The van der Waals surface area contributed by atoms with Crippen LogP contribution in [0, 0.1) is 0 Å². The summed E-state index contributed by atoms with van der Waals surface area (Å²) in [4.78, 5) is 0. The molecule has 0 radical (unpaired) electrons. The number of phenols is 1. The van der Waals surface area contributed by atoms with Crippen LogP contribution in [0.5, 0.6) is 5.75 Å². The molecule has 0 bridgehead atoms. The summed E-state index contributed by atoms with van der Waals surface area (Å²) in [6.07, 6.45) is 1.05. The molecular formula is C9H10ClNO. The Morgan fingerprint density at radius 1 is 1.50 bits per heavy atom. The Hall–Kier alpha value is -0.730. The Balaban J connectivity index is 2.39. The molecule has 2 nitrogen and oxygen atoms in total. The highest BCUT2D eigenvalue weighted by Crippen LogP contribution is 2.35. The average Bonchev–Trinajstić information content (AvgIpc) is 1.93. The minimum Gasteiger partial charge on any atom is -0.508 e. The van der Waals surface area contributed by atoms with E-state index in [-0.39, 0.29) is 6.04 Å². The second kappa shape index (κ2) is 2.96. The number of hydrogen-bond donors (Lipinski definition) is 2. The molecule has 1 atom stereocenters. The van der Waals surface area contributed by atoms with Crippen molar-refractivity contribution >= 4 is 11.6 Å². The molecule has 1 saturated heterocycles. The predicted octanol–water partition coefficient (Wildman–Crippen LogP) is 2.08. The van der Waals surface area contributed by atoms with E-state index < -0.39 is 0 Å². The summed E-state index contributed by atoms with van der Waals surface area (Å²) in [5, 5.41) is 13.3. The molecule has 0 aliphatic carbocycles. The van der Waals surface area contributed by atoms with Crippen LogP contribution in [-0.4, -0.2) is 11.7 Å². The van der Waals surface area contributed by atoms with Gasteiger partial charge in [0, 0.05) is 16.6 Å². The number of halogens is 1. The molecule has 1 aromatic rings. The summed E-state index contributed by atoms with van der Waals surface area (Å²) in [7, 11) is 0. The molecule has 2 N–H and O–H groups in total. The summed E-state index contributed by atoms with van der Waals surface area (Å²) >= 11 is 5.94. The largest absolute Gasteiger partial charge is 0.508 e. The minimum atomic E-state index is 0.249. The van der Waals surface area contributed by atoms with E-state index in [1.165, 1.54) is 0 Å². The van der Waals surface area contributed by atoms with E-state index in [1.54, 1.807) is 18.2 Å². The lowest BCUT2D eigenvalue weighted by Crippen LogP contribution is -2.35. The maximum absolute atomic E-state index is 9.50. The van der Waals surface area contributed by atoms with E-state index >= 15 is 0 Å². The Labute approximate surface area is 76.2 Å². The molecule has 1 aliphatic rings. The Kier molecular flexibility index (Phi) is 1.95. The van der Waals surface area contributed by atoms with E-state index in [9.17, 15) is 5.11 Å². The Bertz CT molecular complexity index is 276. The first-order valence-electron chi connectivity index (χ1n) is 4.00. The lowest BCUT2D eigenvalue weighted by molar-refractivity contribution is 0.365. The molecular weight excluding hydrogens is 174 g/mol. The van der Waals surface area contributed by atoms with Crippen molar-refractivity contribution in [2.75, 3.05) is 6.54 Å². The van der Waals surface area contributed by atoms with E-state index in [2.05, 4.69) is 5.32 Å². The van der Waals surface area contributed by atoms with Gasteiger partial charge in [-0.05, 0) is 25.1 Å². The lowest BCUT2D eigenvalue weighted by Gasteiger charge is -2.29. The summed E-state index contributed by atoms with van der Waals surface area (Å²) < 4.78 is 0. The summed E-state index contributed by atoms with van der Waals surface area (Å²) in [6.45, 7) is 1.01. The topological polar surface area (TPSA) is 32.3 Å². The van der Waals surface area contributed by atoms with Crippen molar-refractivity contribution in [3.8, 4) is 5.75 Å². The fourth-order valence-electron chi connectivity index (χ4n) is 1.41. The number of rotatable bonds is 1. The number of hydrogen-bond acceptors (Lipinski definition) is 2. The van der Waals surface area contributed by atoms with Crippen molar-refractivity contribution in [3.63, 3.8) is 0 Å². The van der Waals surface area contributed by atoms with Crippen molar-refractivity contribution in [3.05, 3.63) is 28.8 Å². The zero-order valence-electron chi connectivity index (χ0n) is 6.55. The van der Waals surface area contributed by atoms with Gasteiger partial charge in [-0.25, -0.2) is 0 Å². The van der Waals surface area contributed by atoms with E-state index in [0.29, 0.717) is 10.8 Å². The molecule has 0 aromatic heterocycles. The maximum Gasteiger partial charge on any atom is 0.121 e. The molecule has 1 aromatic carbocycles. The smallest absolute Gasteiger partial charge is 0.121 e. The highest BCUT2D eigenvalue weighted by atomic mass is 35.5. The first kappa shape index (κ1) is 7.90. The van der Waals surface area contributed by atoms with Gasteiger partial charge in [-0.15, -0.1) is 0 Å². The number of phenolic OH excluding ortho intramolecular Hbond substituents is 1. The zero-order chi connectivity index (χ0) is 8.55. The normalized spacial score (nSPS) is 21.9. The van der Waals surface area contributed by atoms with Crippen LogP contribution in [0.2, 0.25) is 5.02 Å². The summed E-state index contributed by atoms with van der Waals surface area (Å²) in [6, 6.07) is 5.47. The van der Waals surface area contributed by atoms with Crippen LogP contribution in [0.4, 0.5) is 0 Å². The third kappa shape index (κ3) is 1.17. The Morgan fingerprint density at radius 3 is 2.75 bits per heavy atom. The molecule has 1 fully saturated rings. The summed E-state index contributed by atoms with van der Waals surface area (Å²) in [5.41, 5.74) is 0.838. The van der Waals surface area contributed by atoms with Crippen LogP contribution < -0.4 is 5.32 Å². The van der Waals surface area contributed by atoms with Gasteiger partial charge in [0.25, 0.3) is 0 Å². The van der Waals surface area contributed by atoms with Crippen LogP contribution in [0.1, 0.15) is 18.0 Å². The molecule has 0 saturated carbocycles. The number of nitrogens with one attached hydrogen (secondary N) is 1. The summed E-state index contributed by atoms with van der Waals surface area (Å²) in [5.74, 6) is 0.291. The van der Waals surface area contributed by atoms with Crippen LogP contribution in [0.3, 0.4) is 0 Å². The van der Waals surface area contributed by atoms with Gasteiger partial charge in [-0.1, -0.05) is 17.7 Å². The first-order chi connectivity index (χ1) is 5.79. The third-order valence-corrected chi connectivity index (χ3v) is 2.53. The average molecular weight is 184 g/mol. The van der Waals surface area contributed by atoms with Crippen LogP contribution >= 0.6 is 11.6 Å². The predicted molar refractivity (Wildman–Crippen MR) is 48.5 cm³/mol. The molecule has 1 aliphatic heterocycles. The molecule has 0 spiro atoms. The SMILES string of the molecule is Oc1cccc(Cl)c1C1CCN1. The molecule has 0 amide bonds. The third-order valence-electron chi connectivity index (χ3n) is 2.20. The van der Waals surface area contributed by atoms with Gasteiger partial charge in [0.05, 0.1) is 0 Å². The fourth-order valence-corrected chi connectivity index (χ4v) is 1.71. The molecule has 1 heterocycles. The second-order valence-electron chi connectivity index (χ2n) is 2.97. The van der Waals surface area contributed by atoms with Gasteiger partial charge < -0.3 is 10.4 Å². The molecule has 2 rings (SSSR count). The van der Waals surface area contributed by atoms with Crippen molar-refractivity contribution in [1.29, 1.82) is 0 Å². The molecule has 64 valence electrons. The van der Waals surface area contributed by atoms with Gasteiger partial charge in [-0.2, -0.15) is 0 Å². The quantitative estimate of drug-likeness (QED) is 0.699. The van der Waals surface area contributed by atoms with Crippen molar-refractivity contribution < 1.29 is 5.11 Å². The van der Waals surface area contributed by atoms with Gasteiger partial charge in [0.1, 0.15) is 5.75 Å². The highest BCUT2D eigenvalue weighted by molar-refractivity contribution is 6.31. The van der Waals surface area contributed by atoms with Gasteiger partial charge in [0.2, 0.25) is 0 Å². The van der Waals surface area contributed by atoms with Crippen LogP contribution in [0.15, 0.2) is 18.2 Å². The van der Waals surface area contributed by atoms with Gasteiger partial charge >= 0.3 is 0 Å². The molecule has 12 heavy (non-hydrogen) atoms. The monoisotopic (exact) mass is 183 g/mol. The van der Waals surface area contributed by atoms with Gasteiger partial charge in [-0.3, -0.25) is 0 Å². The first-order valence-corrected chi connectivity index (χ1v) is 4.37. The molecule has 1 unspecified atom stereocenters. The lowest BCUT2D eigenvalue weighted by atomic mass is 9.97. The molecule has 3 heteroatoms. The van der Waals surface area contributed by atoms with Crippen molar-refractivity contribution in [2.45, 2.75) is 12.5 Å². The Morgan fingerprint density at radius 2 is 2.25 bits per heavy atom. The maximum atomic E-state index is 9.50. The highest BCUT2D eigenvalue weighted by Gasteiger charge is 2.23. The fraction of sp³-hybridized carbons (Fsp3) is 0.333. The zero-order valence-corrected chi connectivity index (χ0v) is 7.30. The van der Waals surface area contributed by atoms with Crippen LogP contribution in [0.25, 0.3) is 0 Å². The second-order valence-corrected chi connectivity index (χ2v) is 3.38. The minimum absolute atomic E-state index is 0.249. The van der Waals surface area contributed by atoms with Crippen molar-refractivity contribution in [1.82, 2.24) is 5.32 Å². The van der Waals surface area contributed by atoms with Crippen molar-refractivity contribution in [2.24, 2.45) is 0 Å².